The standard InChI is InChI=1S/C22H18N2O4/c1-15(25)28-20-14-18(23-21(26)16-8-4-2-5-9-16)12-13-19(20)24-22(27)17-10-6-3-7-11-17/h2-14H,1H3,(H,23,26)(H,24,27). The highest BCUT2D eigenvalue weighted by Gasteiger charge is 2.14. The molecule has 3 aromatic rings. The van der Waals surface area contributed by atoms with E-state index in [0.717, 1.165) is 0 Å². The number of rotatable bonds is 5. The molecule has 0 unspecified atom stereocenters. The van der Waals surface area contributed by atoms with Crippen LogP contribution in [-0.2, 0) is 4.79 Å². The predicted molar refractivity (Wildman–Crippen MR) is 107 cm³/mol. The fourth-order valence-corrected chi connectivity index (χ4v) is 2.52. The van der Waals surface area contributed by atoms with E-state index in [1.54, 1.807) is 60.7 Å². The number of amides is 2. The molecule has 0 radical (unpaired) electrons. The summed E-state index contributed by atoms with van der Waals surface area (Å²) in [6.45, 7) is 1.26. The molecule has 28 heavy (non-hydrogen) atoms. The number of esters is 1. The summed E-state index contributed by atoms with van der Waals surface area (Å²) in [5.41, 5.74) is 1.72. The molecule has 0 heterocycles. The van der Waals surface area contributed by atoms with Crippen LogP contribution >= 0.6 is 0 Å². The van der Waals surface area contributed by atoms with Gasteiger partial charge in [0, 0.05) is 29.8 Å². The summed E-state index contributed by atoms with van der Waals surface area (Å²) >= 11 is 0. The first-order chi connectivity index (χ1) is 13.5. The van der Waals surface area contributed by atoms with Crippen LogP contribution in [-0.4, -0.2) is 17.8 Å². The van der Waals surface area contributed by atoms with Crippen molar-refractivity contribution in [3.63, 3.8) is 0 Å². The second-order valence-electron chi connectivity index (χ2n) is 5.94. The molecule has 0 bridgehead atoms. The van der Waals surface area contributed by atoms with Crippen LogP contribution in [0.5, 0.6) is 5.75 Å². The van der Waals surface area contributed by atoms with Gasteiger partial charge in [-0.15, -0.1) is 0 Å². The monoisotopic (exact) mass is 374 g/mol. The van der Waals surface area contributed by atoms with Crippen molar-refractivity contribution in [3.8, 4) is 5.75 Å². The summed E-state index contributed by atoms with van der Waals surface area (Å²) in [4.78, 5) is 36.1. The smallest absolute Gasteiger partial charge is 0.308 e. The minimum atomic E-state index is -0.540. The first-order valence-corrected chi connectivity index (χ1v) is 8.58. The van der Waals surface area contributed by atoms with E-state index in [1.165, 1.54) is 13.0 Å². The molecule has 6 nitrogen and oxygen atoms in total. The Morgan fingerprint density at radius 2 is 1.25 bits per heavy atom. The second kappa shape index (κ2) is 8.64. The lowest BCUT2D eigenvalue weighted by atomic mass is 10.2. The molecule has 0 fully saturated rings. The molecule has 2 amide bonds. The third kappa shape index (κ3) is 4.82. The Kier molecular flexibility index (Phi) is 5.81. The number of hydrogen-bond donors (Lipinski definition) is 2. The van der Waals surface area contributed by atoms with Crippen molar-refractivity contribution in [2.24, 2.45) is 0 Å². The van der Waals surface area contributed by atoms with Gasteiger partial charge >= 0.3 is 5.97 Å². The van der Waals surface area contributed by atoms with Crippen molar-refractivity contribution in [3.05, 3.63) is 90.0 Å². The van der Waals surface area contributed by atoms with Gasteiger partial charge in [-0.05, 0) is 36.4 Å². The largest absolute Gasteiger partial charge is 0.424 e. The molecule has 0 aromatic heterocycles. The number of ether oxygens (including phenoxy) is 1. The quantitative estimate of drug-likeness (QED) is 0.520. The number of carbonyl (C=O) groups excluding carboxylic acids is 3. The van der Waals surface area contributed by atoms with Crippen LogP contribution in [0.2, 0.25) is 0 Å². The molecule has 0 saturated heterocycles. The van der Waals surface area contributed by atoms with Crippen LogP contribution in [0.15, 0.2) is 78.9 Å². The van der Waals surface area contributed by atoms with Gasteiger partial charge < -0.3 is 15.4 Å². The average Bonchev–Trinajstić information content (AvgIpc) is 2.70. The topological polar surface area (TPSA) is 84.5 Å². The molecule has 0 aliphatic rings. The van der Waals surface area contributed by atoms with Gasteiger partial charge in [0.25, 0.3) is 11.8 Å². The zero-order valence-corrected chi connectivity index (χ0v) is 15.1. The molecule has 3 aromatic carbocycles. The van der Waals surface area contributed by atoms with E-state index in [1.807, 2.05) is 12.1 Å². The van der Waals surface area contributed by atoms with Crippen molar-refractivity contribution in [1.82, 2.24) is 0 Å². The fraction of sp³-hybridized carbons (Fsp3) is 0.0455. The second-order valence-corrected chi connectivity index (χ2v) is 5.94. The van der Waals surface area contributed by atoms with Crippen LogP contribution < -0.4 is 15.4 Å². The Labute approximate surface area is 162 Å². The van der Waals surface area contributed by atoms with Crippen molar-refractivity contribution < 1.29 is 19.1 Å². The molecule has 0 atom stereocenters. The zero-order valence-electron chi connectivity index (χ0n) is 15.1. The molecule has 0 aliphatic heterocycles. The van der Waals surface area contributed by atoms with Crippen LogP contribution in [0.3, 0.4) is 0 Å². The van der Waals surface area contributed by atoms with E-state index in [0.29, 0.717) is 22.5 Å². The summed E-state index contributed by atoms with van der Waals surface area (Å²) < 4.78 is 5.21. The lowest BCUT2D eigenvalue weighted by Gasteiger charge is -2.13. The van der Waals surface area contributed by atoms with E-state index in [9.17, 15) is 14.4 Å². The Morgan fingerprint density at radius 3 is 1.79 bits per heavy atom. The fourth-order valence-electron chi connectivity index (χ4n) is 2.52. The van der Waals surface area contributed by atoms with Crippen LogP contribution in [0.1, 0.15) is 27.6 Å². The first kappa shape index (κ1) is 18.8. The molecule has 0 spiro atoms. The summed E-state index contributed by atoms with van der Waals surface area (Å²) in [7, 11) is 0. The summed E-state index contributed by atoms with van der Waals surface area (Å²) in [5, 5.41) is 5.46. The molecule has 2 N–H and O–H groups in total. The van der Waals surface area contributed by atoms with Gasteiger partial charge in [0.2, 0.25) is 0 Å². The van der Waals surface area contributed by atoms with Crippen molar-refractivity contribution in [2.75, 3.05) is 10.6 Å². The maximum Gasteiger partial charge on any atom is 0.308 e. The average molecular weight is 374 g/mol. The van der Waals surface area contributed by atoms with Gasteiger partial charge in [-0.2, -0.15) is 0 Å². The Hall–Kier alpha value is -3.93. The SMILES string of the molecule is CC(=O)Oc1cc(NC(=O)c2ccccc2)ccc1NC(=O)c1ccccc1. The third-order valence-corrected chi connectivity index (χ3v) is 3.81. The molecular weight excluding hydrogens is 356 g/mol. The van der Waals surface area contributed by atoms with Crippen LogP contribution in [0.4, 0.5) is 11.4 Å². The van der Waals surface area contributed by atoms with E-state index >= 15 is 0 Å². The highest BCUT2D eigenvalue weighted by atomic mass is 16.5. The van der Waals surface area contributed by atoms with Gasteiger partial charge in [0.15, 0.2) is 5.75 Å². The third-order valence-electron chi connectivity index (χ3n) is 3.81. The minimum absolute atomic E-state index is 0.141. The van der Waals surface area contributed by atoms with E-state index in [-0.39, 0.29) is 17.6 Å². The summed E-state index contributed by atoms with van der Waals surface area (Å²) in [6.07, 6.45) is 0. The van der Waals surface area contributed by atoms with Gasteiger partial charge in [-0.1, -0.05) is 36.4 Å². The summed E-state index contributed by atoms with van der Waals surface area (Å²) in [6, 6.07) is 22.1. The lowest BCUT2D eigenvalue weighted by molar-refractivity contribution is -0.131. The number of nitrogens with one attached hydrogen (secondary N) is 2. The van der Waals surface area contributed by atoms with Crippen molar-refractivity contribution >= 4 is 29.2 Å². The van der Waals surface area contributed by atoms with Gasteiger partial charge in [-0.3, -0.25) is 14.4 Å². The lowest BCUT2D eigenvalue weighted by Crippen LogP contribution is -2.15. The first-order valence-electron chi connectivity index (χ1n) is 8.58. The molecular formula is C22H18N2O4. The normalized spacial score (nSPS) is 10.0. The van der Waals surface area contributed by atoms with Crippen molar-refractivity contribution in [2.45, 2.75) is 6.92 Å². The highest BCUT2D eigenvalue weighted by Crippen LogP contribution is 2.29. The zero-order chi connectivity index (χ0) is 19.9. The molecule has 6 heteroatoms. The molecule has 0 saturated carbocycles. The van der Waals surface area contributed by atoms with Gasteiger partial charge in [-0.25, -0.2) is 0 Å². The minimum Gasteiger partial charge on any atom is -0.424 e. The summed E-state index contributed by atoms with van der Waals surface area (Å²) in [5.74, 6) is -1.03. The number of anilines is 2. The Bertz CT molecular complexity index is 1000. The Morgan fingerprint density at radius 1 is 0.714 bits per heavy atom. The number of carbonyl (C=O) groups is 3. The highest BCUT2D eigenvalue weighted by molar-refractivity contribution is 6.06. The molecule has 3 rings (SSSR count). The maximum absolute atomic E-state index is 12.4. The Balaban J connectivity index is 1.82. The molecule has 140 valence electrons. The molecule has 0 aliphatic carbocycles. The van der Waals surface area contributed by atoms with Gasteiger partial charge in [0.1, 0.15) is 0 Å². The van der Waals surface area contributed by atoms with Crippen LogP contribution in [0.25, 0.3) is 0 Å². The predicted octanol–water partition coefficient (Wildman–Crippen LogP) is 4.12. The van der Waals surface area contributed by atoms with Crippen molar-refractivity contribution in [1.29, 1.82) is 0 Å². The van der Waals surface area contributed by atoms with E-state index < -0.39 is 5.97 Å². The number of hydrogen-bond acceptors (Lipinski definition) is 4. The van der Waals surface area contributed by atoms with E-state index in [4.69, 9.17) is 4.74 Å². The number of benzene rings is 3. The van der Waals surface area contributed by atoms with E-state index in [2.05, 4.69) is 10.6 Å². The van der Waals surface area contributed by atoms with Crippen LogP contribution in [0, 0.1) is 0 Å². The van der Waals surface area contributed by atoms with Gasteiger partial charge in [0.05, 0.1) is 5.69 Å². The maximum atomic E-state index is 12.4.